The van der Waals surface area contributed by atoms with Crippen molar-refractivity contribution in [3.63, 3.8) is 0 Å². The predicted molar refractivity (Wildman–Crippen MR) is 71.3 cm³/mol. The van der Waals surface area contributed by atoms with Crippen LogP contribution in [0.3, 0.4) is 0 Å². The first-order chi connectivity index (χ1) is 8.79. The summed E-state index contributed by atoms with van der Waals surface area (Å²) in [7, 11) is 1.73. The molecule has 1 heterocycles. The van der Waals surface area contributed by atoms with Crippen LogP contribution >= 0.6 is 0 Å². The fourth-order valence-corrected chi connectivity index (χ4v) is 2.55. The summed E-state index contributed by atoms with van der Waals surface area (Å²) in [6.07, 6.45) is 2.78. The molecular formula is C15H21NO2. The van der Waals surface area contributed by atoms with Crippen molar-refractivity contribution in [2.75, 3.05) is 26.8 Å². The molecule has 1 amide bonds. The van der Waals surface area contributed by atoms with Gasteiger partial charge in [0.2, 0.25) is 5.91 Å². The van der Waals surface area contributed by atoms with E-state index >= 15 is 0 Å². The summed E-state index contributed by atoms with van der Waals surface area (Å²) in [5.41, 5.74) is 1.09. The molecule has 0 radical (unpaired) electrons. The van der Waals surface area contributed by atoms with E-state index in [-0.39, 0.29) is 5.91 Å². The lowest BCUT2D eigenvalue weighted by molar-refractivity contribution is -0.132. The molecule has 18 heavy (non-hydrogen) atoms. The van der Waals surface area contributed by atoms with Crippen LogP contribution in [0.4, 0.5) is 0 Å². The number of hydrogen-bond acceptors (Lipinski definition) is 2. The lowest BCUT2D eigenvalue weighted by Crippen LogP contribution is -2.41. The van der Waals surface area contributed by atoms with Gasteiger partial charge in [-0.2, -0.15) is 0 Å². The highest BCUT2D eigenvalue weighted by Gasteiger charge is 2.23. The lowest BCUT2D eigenvalue weighted by atomic mass is 9.98. The number of nitrogens with zero attached hydrogens (tertiary/aromatic N) is 1. The zero-order chi connectivity index (χ0) is 12.8. The molecule has 0 bridgehead atoms. The molecule has 0 spiro atoms. The van der Waals surface area contributed by atoms with Crippen molar-refractivity contribution in [3.05, 3.63) is 35.9 Å². The maximum atomic E-state index is 12.2. The van der Waals surface area contributed by atoms with Gasteiger partial charge in [0.05, 0.1) is 13.0 Å². The molecule has 1 saturated heterocycles. The minimum absolute atomic E-state index is 0.238. The van der Waals surface area contributed by atoms with Crippen molar-refractivity contribution in [1.29, 1.82) is 0 Å². The Kier molecular flexibility index (Phi) is 4.76. The van der Waals surface area contributed by atoms with Gasteiger partial charge in [-0.3, -0.25) is 4.79 Å². The molecule has 1 atom stereocenters. The summed E-state index contributed by atoms with van der Waals surface area (Å²) in [5, 5.41) is 0. The maximum absolute atomic E-state index is 12.2. The van der Waals surface area contributed by atoms with Gasteiger partial charge in [0.1, 0.15) is 0 Å². The number of ether oxygens (including phenoxy) is 1. The number of piperidine rings is 1. The molecule has 0 N–H and O–H groups in total. The SMILES string of the molecule is COCC1CCCN(C(=O)Cc2ccccc2)C1. The number of rotatable bonds is 4. The van der Waals surface area contributed by atoms with Crippen LogP contribution in [0.5, 0.6) is 0 Å². The number of likely N-dealkylation sites (tertiary alicyclic amines) is 1. The Morgan fingerprint density at radius 1 is 1.39 bits per heavy atom. The molecule has 0 aromatic heterocycles. The van der Waals surface area contributed by atoms with Crippen LogP contribution in [0.1, 0.15) is 18.4 Å². The highest BCUT2D eigenvalue weighted by Crippen LogP contribution is 2.17. The fraction of sp³-hybridized carbons (Fsp3) is 0.533. The van der Waals surface area contributed by atoms with Crippen LogP contribution in [0.15, 0.2) is 30.3 Å². The molecule has 1 aromatic carbocycles. The number of carbonyl (C=O) groups is 1. The molecule has 2 rings (SSSR count). The highest BCUT2D eigenvalue weighted by molar-refractivity contribution is 5.78. The third-order valence-electron chi connectivity index (χ3n) is 3.47. The topological polar surface area (TPSA) is 29.5 Å². The molecule has 3 nitrogen and oxygen atoms in total. The Morgan fingerprint density at radius 2 is 2.17 bits per heavy atom. The minimum Gasteiger partial charge on any atom is -0.384 e. The molecule has 1 aliphatic rings. The quantitative estimate of drug-likeness (QED) is 0.815. The zero-order valence-electron chi connectivity index (χ0n) is 11.0. The van der Waals surface area contributed by atoms with Crippen molar-refractivity contribution in [3.8, 4) is 0 Å². The first-order valence-electron chi connectivity index (χ1n) is 6.60. The van der Waals surface area contributed by atoms with Gasteiger partial charge in [0.25, 0.3) is 0 Å². The molecular weight excluding hydrogens is 226 g/mol. The van der Waals surface area contributed by atoms with Crippen LogP contribution in [0.2, 0.25) is 0 Å². The highest BCUT2D eigenvalue weighted by atomic mass is 16.5. The number of carbonyl (C=O) groups excluding carboxylic acids is 1. The minimum atomic E-state index is 0.238. The van der Waals surface area contributed by atoms with E-state index in [0.29, 0.717) is 12.3 Å². The van der Waals surface area contributed by atoms with Crippen molar-refractivity contribution in [2.24, 2.45) is 5.92 Å². The van der Waals surface area contributed by atoms with E-state index in [9.17, 15) is 4.79 Å². The lowest BCUT2D eigenvalue weighted by Gasteiger charge is -2.32. The third kappa shape index (κ3) is 3.57. The second-order valence-electron chi connectivity index (χ2n) is 4.97. The number of amides is 1. The van der Waals surface area contributed by atoms with E-state index < -0.39 is 0 Å². The average Bonchev–Trinajstić information content (AvgIpc) is 2.40. The van der Waals surface area contributed by atoms with E-state index in [0.717, 1.165) is 31.7 Å². The van der Waals surface area contributed by atoms with E-state index in [1.54, 1.807) is 7.11 Å². The summed E-state index contributed by atoms with van der Waals surface area (Å²) in [4.78, 5) is 14.2. The Labute approximate surface area is 109 Å². The molecule has 1 aliphatic heterocycles. The van der Waals surface area contributed by atoms with Crippen LogP contribution < -0.4 is 0 Å². The maximum Gasteiger partial charge on any atom is 0.226 e. The molecule has 3 heteroatoms. The Balaban J connectivity index is 1.88. The van der Waals surface area contributed by atoms with Crippen molar-refractivity contribution < 1.29 is 9.53 Å². The molecule has 98 valence electrons. The van der Waals surface area contributed by atoms with E-state index in [4.69, 9.17) is 4.74 Å². The summed E-state index contributed by atoms with van der Waals surface area (Å²) < 4.78 is 5.19. The molecule has 1 aromatic rings. The second-order valence-corrected chi connectivity index (χ2v) is 4.97. The summed E-state index contributed by atoms with van der Waals surface area (Å²) in [6, 6.07) is 9.95. The van der Waals surface area contributed by atoms with Gasteiger partial charge in [0.15, 0.2) is 0 Å². The third-order valence-corrected chi connectivity index (χ3v) is 3.47. The van der Waals surface area contributed by atoms with Gasteiger partial charge in [0, 0.05) is 20.2 Å². The van der Waals surface area contributed by atoms with Gasteiger partial charge in [-0.1, -0.05) is 30.3 Å². The van der Waals surface area contributed by atoms with Crippen LogP contribution in [0.25, 0.3) is 0 Å². The first kappa shape index (κ1) is 13.1. The van der Waals surface area contributed by atoms with Gasteiger partial charge in [-0.05, 0) is 24.3 Å². The standard InChI is InChI=1S/C15H21NO2/c1-18-12-14-8-5-9-16(11-14)15(17)10-13-6-3-2-4-7-13/h2-4,6-7,14H,5,8-12H2,1H3. The Bertz CT molecular complexity index is 375. The second kappa shape index (κ2) is 6.55. The largest absolute Gasteiger partial charge is 0.384 e. The van der Waals surface area contributed by atoms with Crippen molar-refractivity contribution in [2.45, 2.75) is 19.3 Å². The average molecular weight is 247 g/mol. The first-order valence-corrected chi connectivity index (χ1v) is 6.60. The monoisotopic (exact) mass is 247 g/mol. The van der Waals surface area contributed by atoms with Gasteiger partial charge < -0.3 is 9.64 Å². The number of methoxy groups -OCH3 is 1. The smallest absolute Gasteiger partial charge is 0.226 e. The van der Waals surface area contributed by atoms with E-state index in [2.05, 4.69) is 0 Å². The predicted octanol–water partition coefficient (Wildman–Crippen LogP) is 2.11. The number of benzene rings is 1. The van der Waals surface area contributed by atoms with Gasteiger partial charge >= 0.3 is 0 Å². The van der Waals surface area contributed by atoms with Gasteiger partial charge in [-0.15, -0.1) is 0 Å². The summed E-state index contributed by atoms with van der Waals surface area (Å²) >= 11 is 0. The van der Waals surface area contributed by atoms with Crippen molar-refractivity contribution >= 4 is 5.91 Å². The van der Waals surface area contributed by atoms with E-state index in [1.807, 2.05) is 35.2 Å². The normalized spacial score (nSPS) is 19.8. The number of hydrogen-bond donors (Lipinski definition) is 0. The Morgan fingerprint density at radius 3 is 2.89 bits per heavy atom. The zero-order valence-corrected chi connectivity index (χ0v) is 11.0. The molecule has 1 unspecified atom stereocenters. The van der Waals surface area contributed by atoms with Crippen LogP contribution in [-0.4, -0.2) is 37.6 Å². The summed E-state index contributed by atoms with van der Waals surface area (Å²) in [6.45, 7) is 2.50. The van der Waals surface area contributed by atoms with Crippen LogP contribution in [0, 0.1) is 5.92 Å². The fourth-order valence-electron chi connectivity index (χ4n) is 2.55. The van der Waals surface area contributed by atoms with Crippen LogP contribution in [-0.2, 0) is 16.0 Å². The Hall–Kier alpha value is -1.35. The molecule has 0 saturated carbocycles. The summed E-state index contributed by atoms with van der Waals surface area (Å²) in [5.74, 6) is 0.741. The van der Waals surface area contributed by atoms with Crippen molar-refractivity contribution in [1.82, 2.24) is 4.90 Å². The van der Waals surface area contributed by atoms with Gasteiger partial charge in [-0.25, -0.2) is 0 Å². The molecule has 1 fully saturated rings. The molecule has 0 aliphatic carbocycles. The van der Waals surface area contributed by atoms with E-state index in [1.165, 1.54) is 6.42 Å².